The van der Waals surface area contributed by atoms with Gasteiger partial charge >= 0.3 is 0 Å². The van der Waals surface area contributed by atoms with Crippen LogP contribution in [-0.4, -0.2) is 11.0 Å². The second-order valence-electron chi connectivity index (χ2n) is 3.99. The van der Waals surface area contributed by atoms with Crippen LogP contribution in [0.4, 0.5) is 5.69 Å². The van der Waals surface area contributed by atoms with E-state index in [9.17, 15) is 4.79 Å². The molecule has 0 saturated heterocycles. The highest BCUT2D eigenvalue weighted by Gasteiger charge is 2.10. The highest BCUT2D eigenvalue weighted by molar-refractivity contribution is 5.99. The molecule has 0 unspecified atom stereocenters. The normalized spacial score (nSPS) is 10.2. The summed E-state index contributed by atoms with van der Waals surface area (Å²) in [6, 6.07) is 11.7. The van der Waals surface area contributed by atoms with E-state index in [-0.39, 0.29) is 17.9 Å². The van der Waals surface area contributed by atoms with Gasteiger partial charge in [-0.1, -0.05) is 18.2 Å². The van der Waals surface area contributed by atoms with E-state index in [4.69, 9.17) is 21.3 Å². The molecule has 2 aromatic carbocycles. The third kappa shape index (κ3) is 2.83. The van der Waals surface area contributed by atoms with Crippen molar-refractivity contribution in [3.63, 3.8) is 0 Å². The van der Waals surface area contributed by atoms with E-state index in [1.165, 1.54) is 0 Å². The molecular weight excluding hydrogens is 244 g/mol. The number of hydrogen-bond donors (Lipinski definition) is 3. The second-order valence-corrected chi connectivity index (χ2v) is 3.99. The maximum atomic E-state index is 11.2. The summed E-state index contributed by atoms with van der Waals surface area (Å²) in [4.78, 5) is 11.2. The van der Waals surface area contributed by atoms with Gasteiger partial charge in [-0.3, -0.25) is 4.79 Å². The van der Waals surface area contributed by atoms with Gasteiger partial charge in [0.25, 0.3) is 5.91 Å². The number of carbonyl (C=O) groups is 1. The van der Waals surface area contributed by atoms with Crippen molar-refractivity contribution in [1.29, 1.82) is 0 Å². The third-order valence-electron chi connectivity index (χ3n) is 2.67. The summed E-state index contributed by atoms with van der Waals surface area (Å²) < 4.78 is 5.59. The number of benzene rings is 2. The lowest BCUT2D eigenvalue weighted by molar-refractivity contribution is 0.100. The van der Waals surface area contributed by atoms with Gasteiger partial charge in [-0.25, -0.2) is 0 Å². The van der Waals surface area contributed by atoms with Crippen LogP contribution in [-0.2, 0) is 6.61 Å². The third-order valence-corrected chi connectivity index (χ3v) is 2.67. The van der Waals surface area contributed by atoms with Crippen molar-refractivity contribution in [3.8, 4) is 11.5 Å². The number of rotatable bonds is 4. The van der Waals surface area contributed by atoms with Crippen molar-refractivity contribution in [1.82, 2.24) is 0 Å². The van der Waals surface area contributed by atoms with Crippen LogP contribution in [0, 0.1) is 0 Å². The van der Waals surface area contributed by atoms with Crippen LogP contribution < -0.4 is 16.2 Å². The van der Waals surface area contributed by atoms with Gasteiger partial charge in [-0.05, 0) is 29.8 Å². The predicted octanol–water partition coefficient (Wildman–Crippen LogP) is 1.65. The van der Waals surface area contributed by atoms with E-state index in [1.807, 2.05) is 0 Å². The first kappa shape index (κ1) is 12.9. The first-order valence-corrected chi connectivity index (χ1v) is 5.67. The molecule has 0 aromatic heterocycles. The Balaban J connectivity index is 2.27. The van der Waals surface area contributed by atoms with E-state index in [0.717, 1.165) is 5.56 Å². The number of nitrogen functional groups attached to an aromatic ring is 1. The van der Waals surface area contributed by atoms with E-state index in [2.05, 4.69) is 0 Å². The van der Waals surface area contributed by atoms with Gasteiger partial charge in [0.1, 0.15) is 5.75 Å². The Morgan fingerprint density at radius 3 is 2.42 bits per heavy atom. The number of hydrogen-bond acceptors (Lipinski definition) is 4. The van der Waals surface area contributed by atoms with Crippen LogP contribution in [0.1, 0.15) is 15.9 Å². The fraction of sp³-hybridized carbons (Fsp3) is 0.0714. The lowest BCUT2D eigenvalue weighted by Crippen LogP contribution is -2.13. The van der Waals surface area contributed by atoms with E-state index < -0.39 is 5.91 Å². The summed E-state index contributed by atoms with van der Waals surface area (Å²) in [6.45, 7) is -0.0282. The minimum Gasteiger partial charge on any atom is -0.455 e. The van der Waals surface area contributed by atoms with Crippen LogP contribution in [0.5, 0.6) is 11.5 Å². The molecule has 2 rings (SSSR count). The average molecular weight is 258 g/mol. The Kier molecular flexibility index (Phi) is 3.68. The van der Waals surface area contributed by atoms with Crippen molar-refractivity contribution < 1.29 is 14.6 Å². The summed E-state index contributed by atoms with van der Waals surface area (Å²) in [7, 11) is 0. The topological polar surface area (TPSA) is 98.6 Å². The summed E-state index contributed by atoms with van der Waals surface area (Å²) in [5.74, 6) is 0.331. The zero-order valence-electron chi connectivity index (χ0n) is 10.2. The van der Waals surface area contributed by atoms with Gasteiger partial charge in [-0.15, -0.1) is 0 Å². The van der Waals surface area contributed by atoms with Crippen LogP contribution in [0.15, 0.2) is 42.5 Å². The molecule has 0 aliphatic heterocycles. The zero-order chi connectivity index (χ0) is 13.8. The monoisotopic (exact) mass is 258 g/mol. The van der Waals surface area contributed by atoms with Crippen LogP contribution in [0.2, 0.25) is 0 Å². The van der Waals surface area contributed by atoms with Crippen molar-refractivity contribution in [2.45, 2.75) is 6.61 Å². The molecule has 0 radical (unpaired) electrons. The fourth-order valence-corrected chi connectivity index (χ4v) is 1.64. The molecule has 5 nitrogen and oxygen atoms in total. The molecule has 19 heavy (non-hydrogen) atoms. The minimum atomic E-state index is -0.599. The molecular formula is C14H14N2O3. The summed E-state index contributed by atoms with van der Waals surface area (Å²) in [6.07, 6.45) is 0. The maximum Gasteiger partial charge on any atom is 0.250 e. The Hall–Kier alpha value is -2.53. The predicted molar refractivity (Wildman–Crippen MR) is 71.8 cm³/mol. The number of primary amides is 1. The largest absolute Gasteiger partial charge is 0.455 e. The van der Waals surface area contributed by atoms with Crippen LogP contribution in [0.25, 0.3) is 0 Å². The molecule has 0 fully saturated rings. The van der Waals surface area contributed by atoms with Crippen LogP contribution in [0.3, 0.4) is 0 Å². The molecule has 0 aliphatic rings. The summed E-state index contributed by atoms with van der Waals surface area (Å²) >= 11 is 0. The standard InChI is InChI=1S/C14H14N2O3/c15-13-11(14(16)18)2-1-3-12(13)19-10-6-4-9(8-17)5-7-10/h1-7,17H,8,15H2,(H2,16,18). The van der Waals surface area contributed by atoms with Gasteiger partial charge in [0.2, 0.25) is 0 Å². The summed E-state index contributed by atoms with van der Waals surface area (Å²) in [5, 5.41) is 8.95. The average Bonchev–Trinajstić information content (AvgIpc) is 2.41. The molecule has 0 spiro atoms. The first-order chi connectivity index (χ1) is 9.11. The molecule has 5 N–H and O–H groups in total. The van der Waals surface area contributed by atoms with Gasteiger partial charge in [0.05, 0.1) is 17.9 Å². The number of nitrogens with two attached hydrogens (primary N) is 2. The number of aliphatic hydroxyl groups is 1. The molecule has 2 aromatic rings. The second kappa shape index (κ2) is 5.41. The highest BCUT2D eigenvalue weighted by Crippen LogP contribution is 2.29. The molecule has 0 saturated carbocycles. The van der Waals surface area contributed by atoms with Gasteiger partial charge < -0.3 is 21.3 Å². The Labute approximate surface area is 110 Å². The Bertz CT molecular complexity index is 594. The number of para-hydroxylation sites is 1. The van der Waals surface area contributed by atoms with E-state index in [0.29, 0.717) is 11.5 Å². The molecule has 1 amide bonds. The lowest BCUT2D eigenvalue weighted by atomic mass is 10.1. The Morgan fingerprint density at radius 1 is 1.16 bits per heavy atom. The number of anilines is 1. The SMILES string of the molecule is NC(=O)c1cccc(Oc2ccc(CO)cc2)c1N. The molecule has 0 atom stereocenters. The van der Waals surface area contributed by atoms with Crippen molar-refractivity contribution in [3.05, 3.63) is 53.6 Å². The number of amides is 1. The highest BCUT2D eigenvalue weighted by atomic mass is 16.5. The number of ether oxygens (including phenoxy) is 1. The van der Waals surface area contributed by atoms with Crippen molar-refractivity contribution in [2.75, 3.05) is 5.73 Å². The molecule has 5 heteroatoms. The van der Waals surface area contributed by atoms with Gasteiger partial charge in [0, 0.05) is 0 Å². The maximum absolute atomic E-state index is 11.2. The van der Waals surface area contributed by atoms with Crippen molar-refractivity contribution in [2.24, 2.45) is 5.73 Å². The van der Waals surface area contributed by atoms with Crippen molar-refractivity contribution >= 4 is 11.6 Å². The lowest BCUT2D eigenvalue weighted by Gasteiger charge is -2.10. The molecule has 98 valence electrons. The summed E-state index contributed by atoms with van der Waals surface area (Å²) in [5.41, 5.74) is 12.3. The molecule has 0 heterocycles. The minimum absolute atomic E-state index is 0.0282. The first-order valence-electron chi connectivity index (χ1n) is 5.67. The quantitative estimate of drug-likeness (QED) is 0.726. The molecule has 0 aliphatic carbocycles. The van der Waals surface area contributed by atoms with E-state index >= 15 is 0 Å². The molecule has 0 bridgehead atoms. The van der Waals surface area contributed by atoms with Crippen LogP contribution >= 0.6 is 0 Å². The number of carbonyl (C=O) groups excluding carboxylic acids is 1. The fourth-order valence-electron chi connectivity index (χ4n) is 1.64. The van der Waals surface area contributed by atoms with Gasteiger partial charge in [-0.2, -0.15) is 0 Å². The smallest absolute Gasteiger partial charge is 0.250 e. The Morgan fingerprint density at radius 2 is 1.84 bits per heavy atom. The zero-order valence-corrected chi connectivity index (χ0v) is 10.2. The van der Waals surface area contributed by atoms with Gasteiger partial charge in [0.15, 0.2) is 5.75 Å². The number of aliphatic hydroxyl groups excluding tert-OH is 1. The van der Waals surface area contributed by atoms with E-state index in [1.54, 1.807) is 42.5 Å².